The van der Waals surface area contributed by atoms with E-state index in [2.05, 4.69) is 20.1 Å². The average Bonchev–Trinajstić information content (AvgIpc) is 3.51. The zero-order chi connectivity index (χ0) is 28.6. The van der Waals surface area contributed by atoms with Gasteiger partial charge in [-0.15, -0.1) is 21.5 Å². The predicted octanol–water partition coefficient (Wildman–Crippen LogP) is 6.23. The van der Waals surface area contributed by atoms with Crippen LogP contribution in [0.4, 0.5) is 5.00 Å². The molecule has 0 saturated heterocycles. The van der Waals surface area contributed by atoms with Crippen molar-refractivity contribution in [2.24, 2.45) is 0 Å². The number of carbonyl (C=O) groups is 2. The molecule has 0 aliphatic heterocycles. The van der Waals surface area contributed by atoms with Gasteiger partial charge in [-0.1, -0.05) is 44.0 Å². The number of nitrogens with zero attached hydrogens (tertiary/aromatic N) is 3. The number of ether oxygens (including phenoxy) is 3. The minimum Gasteiger partial charge on any atom is -0.493 e. The molecule has 0 atom stereocenters. The van der Waals surface area contributed by atoms with Gasteiger partial charge in [-0.2, -0.15) is 0 Å². The van der Waals surface area contributed by atoms with Crippen LogP contribution in [0.5, 0.6) is 11.5 Å². The molecular formula is C29H38N4O5S2. The number of esters is 1. The minimum absolute atomic E-state index is 0.155. The number of nitrogens with one attached hydrogen (secondary N) is 1. The Hall–Kier alpha value is -3.05. The molecule has 40 heavy (non-hydrogen) atoms. The molecule has 216 valence electrons. The number of thiophene rings is 1. The molecule has 0 bridgehead atoms. The lowest BCUT2D eigenvalue weighted by Gasteiger charge is -2.25. The Labute approximate surface area is 244 Å². The SMILES string of the molecule is CCOC(=O)c1c(NC(=O)CSc2nnc(Cc3ccc(OC)c(OC)c3)n2C2CCCCC2)sc(C)c1CC. The van der Waals surface area contributed by atoms with E-state index in [-0.39, 0.29) is 18.3 Å². The molecular weight excluding hydrogens is 548 g/mol. The van der Waals surface area contributed by atoms with E-state index in [0.717, 1.165) is 52.7 Å². The average molecular weight is 587 g/mol. The van der Waals surface area contributed by atoms with Gasteiger partial charge in [0.15, 0.2) is 16.7 Å². The van der Waals surface area contributed by atoms with E-state index in [1.54, 1.807) is 21.1 Å². The molecule has 3 aromatic rings. The number of thioether (sulfide) groups is 1. The zero-order valence-electron chi connectivity index (χ0n) is 23.9. The number of benzene rings is 1. The largest absolute Gasteiger partial charge is 0.493 e. The Kier molecular flexibility index (Phi) is 10.5. The Morgan fingerprint density at radius 2 is 1.85 bits per heavy atom. The second-order valence-electron chi connectivity index (χ2n) is 9.68. The summed E-state index contributed by atoms with van der Waals surface area (Å²) in [5.41, 5.74) is 2.43. The van der Waals surface area contributed by atoms with Crippen molar-refractivity contribution in [3.05, 3.63) is 45.6 Å². The molecule has 1 saturated carbocycles. The monoisotopic (exact) mass is 586 g/mol. The van der Waals surface area contributed by atoms with Crippen LogP contribution in [-0.2, 0) is 22.4 Å². The van der Waals surface area contributed by atoms with Crippen molar-refractivity contribution >= 4 is 40.0 Å². The number of rotatable bonds is 12. The van der Waals surface area contributed by atoms with E-state index in [1.165, 1.54) is 29.5 Å². The maximum Gasteiger partial charge on any atom is 0.341 e. The molecule has 0 spiro atoms. The van der Waals surface area contributed by atoms with Crippen LogP contribution in [-0.4, -0.2) is 53.2 Å². The van der Waals surface area contributed by atoms with Crippen molar-refractivity contribution in [3.8, 4) is 11.5 Å². The molecule has 0 radical (unpaired) electrons. The highest BCUT2D eigenvalue weighted by atomic mass is 32.2. The first-order chi connectivity index (χ1) is 19.4. The second kappa shape index (κ2) is 14.0. The summed E-state index contributed by atoms with van der Waals surface area (Å²) in [5, 5.41) is 13.3. The first kappa shape index (κ1) is 29.9. The van der Waals surface area contributed by atoms with Gasteiger partial charge in [-0.3, -0.25) is 4.79 Å². The van der Waals surface area contributed by atoms with Gasteiger partial charge in [0.25, 0.3) is 0 Å². The topological polar surface area (TPSA) is 105 Å². The Bertz CT molecular complexity index is 1330. The number of carbonyl (C=O) groups excluding carboxylic acids is 2. The summed E-state index contributed by atoms with van der Waals surface area (Å²) in [4.78, 5) is 26.7. The maximum atomic E-state index is 13.1. The van der Waals surface area contributed by atoms with E-state index in [1.807, 2.05) is 32.0 Å². The number of anilines is 1. The van der Waals surface area contributed by atoms with Crippen LogP contribution in [0.1, 0.15) is 84.2 Å². The standard InChI is InChI=1S/C29H38N4O5S2/c1-6-21-18(3)40-27(26(21)28(35)38-7-2)30-25(34)17-39-29-32-31-24(33(29)20-11-9-8-10-12-20)16-19-13-14-22(36-4)23(15-19)37-5/h13-15,20H,6-12,16-17H2,1-5H3,(H,30,34). The summed E-state index contributed by atoms with van der Waals surface area (Å²) in [7, 11) is 3.25. The molecule has 1 aromatic carbocycles. The van der Waals surface area contributed by atoms with Crippen molar-refractivity contribution in [2.75, 3.05) is 31.9 Å². The van der Waals surface area contributed by atoms with Crippen molar-refractivity contribution in [1.82, 2.24) is 14.8 Å². The molecule has 1 N–H and O–H groups in total. The fraction of sp³-hybridized carbons (Fsp3) is 0.517. The third-order valence-electron chi connectivity index (χ3n) is 7.11. The lowest BCUT2D eigenvalue weighted by molar-refractivity contribution is -0.113. The highest BCUT2D eigenvalue weighted by Gasteiger charge is 2.26. The molecule has 0 unspecified atom stereocenters. The number of amides is 1. The highest BCUT2D eigenvalue weighted by molar-refractivity contribution is 7.99. The Morgan fingerprint density at radius 1 is 1.10 bits per heavy atom. The summed E-state index contributed by atoms with van der Waals surface area (Å²) >= 11 is 2.79. The molecule has 4 rings (SSSR count). The van der Waals surface area contributed by atoms with Crippen LogP contribution in [0.3, 0.4) is 0 Å². The third-order valence-corrected chi connectivity index (χ3v) is 9.12. The Balaban J connectivity index is 1.53. The fourth-order valence-electron chi connectivity index (χ4n) is 5.21. The van der Waals surface area contributed by atoms with Crippen molar-refractivity contribution in [3.63, 3.8) is 0 Å². The normalized spacial score (nSPS) is 13.7. The first-order valence-corrected chi connectivity index (χ1v) is 15.6. The number of aryl methyl sites for hydroxylation is 1. The van der Waals surface area contributed by atoms with Gasteiger partial charge in [-0.25, -0.2) is 4.79 Å². The number of aromatic nitrogens is 3. The summed E-state index contributed by atoms with van der Waals surface area (Å²) < 4.78 is 18.4. The van der Waals surface area contributed by atoms with E-state index in [4.69, 9.17) is 14.2 Å². The van der Waals surface area contributed by atoms with Crippen LogP contribution < -0.4 is 14.8 Å². The lowest BCUT2D eigenvalue weighted by Crippen LogP contribution is -2.19. The van der Waals surface area contributed by atoms with Gasteiger partial charge in [0, 0.05) is 17.3 Å². The number of methoxy groups -OCH3 is 2. The highest BCUT2D eigenvalue weighted by Crippen LogP contribution is 2.36. The van der Waals surface area contributed by atoms with Gasteiger partial charge >= 0.3 is 5.97 Å². The van der Waals surface area contributed by atoms with E-state index in [9.17, 15) is 9.59 Å². The molecule has 2 heterocycles. The van der Waals surface area contributed by atoms with Crippen molar-refractivity contribution in [1.29, 1.82) is 0 Å². The Morgan fingerprint density at radius 3 is 2.52 bits per heavy atom. The summed E-state index contributed by atoms with van der Waals surface area (Å²) in [6.07, 6.45) is 6.97. The van der Waals surface area contributed by atoms with Crippen LogP contribution >= 0.6 is 23.1 Å². The van der Waals surface area contributed by atoms with Crippen molar-refractivity contribution < 1.29 is 23.8 Å². The molecule has 2 aromatic heterocycles. The quantitative estimate of drug-likeness (QED) is 0.197. The number of hydrogen-bond acceptors (Lipinski definition) is 9. The van der Waals surface area contributed by atoms with Gasteiger partial charge in [0.1, 0.15) is 10.8 Å². The summed E-state index contributed by atoms with van der Waals surface area (Å²) in [6, 6.07) is 6.17. The molecule has 1 amide bonds. The first-order valence-electron chi connectivity index (χ1n) is 13.8. The van der Waals surface area contributed by atoms with E-state index >= 15 is 0 Å². The molecule has 9 nitrogen and oxygen atoms in total. The molecule has 1 fully saturated rings. The second-order valence-corrected chi connectivity index (χ2v) is 11.8. The number of hydrogen-bond donors (Lipinski definition) is 1. The van der Waals surface area contributed by atoms with Crippen LogP contribution in [0.15, 0.2) is 23.4 Å². The zero-order valence-corrected chi connectivity index (χ0v) is 25.5. The van der Waals surface area contributed by atoms with Gasteiger partial charge < -0.3 is 24.1 Å². The fourth-order valence-corrected chi connectivity index (χ4v) is 7.18. The van der Waals surface area contributed by atoms with Gasteiger partial charge in [0.05, 0.1) is 32.1 Å². The van der Waals surface area contributed by atoms with E-state index < -0.39 is 5.97 Å². The van der Waals surface area contributed by atoms with E-state index in [0.29, 0.717) is 40.9 Å². The smallest absolute Gasteiger partial charge is 0.341 e. The van der Waals surface area contributed by atoms with Crippen molar-refractivity contribution in [2.45, 2.75) is 76.9 Å². The predicted molar refractivity (Wildman–Crippen MR) is 158 cm³/mol. The molecule has 11 heteroatoms. The van der Waals surface area contributed by atoms with Crippen LogP contribution in [0, 0.1) is 6.92 Å². The minimum atomic E-state index is -0.400. The lowest BCUT2D eigenvalue weighted by atomic mass is 9.95. The molecule has 1 aliphatic carbocycles. The van der Waals surface area contributed by atoms with Gasteiger partial charge in [0.2, 0.25) is 5.91 Å². The molecule has 1 aliphatic rings. The third kappa shape index (κ3) is 6.80. The maximum absolute atomic E-state index is 13.1. The van der Waals surface area contributed by atoms with Gasteiger partial charge in [-0.05, 0) is 56.4 Å². The summed E-state index contributed by atoms with van der Waals surface area (Å²) in [5.74, 6) is 1.78. The summed E-state index contributed by atoms with van der Waals surface area (Å²) in [6.45, 7) is 6.02. The van der Waals surface area contributed by atoms with Crippen LogP contribution in [0.25, 0.3) is 0 Å². The van der Waals surface area contributed by atoms with Crippen LogP contribution in [0.2, 0.25) is 0 Å².